The second kappa shape index (κ2) is 7.81. The van der Waals surface area contributed by atoms with E-state index in [1.807, 2.05) is 24.3 Å². The van der Waals surface area contributed by atoms with Crippen LogP contribution in [-0.2, 0) is 11.2 Å². The average Bonchev–Trinajstić information content (AvgIpc) is 3.20. The van der Waals surface area contributed by atoms with Crippen LogP contribution in [0.3, 0.4) is 0 Å². The standard InChI is InChI=1S/C23H25N5O/c29-21(15-28-12-3-10-24-11-13-28)25-18-8-6-16(7-9-18)22-20-14-17-4-1-2-5-19(17)23(20)27-26-22/h1-2,4-9,24H,3,10-15H2,(H,25,29)(H,26,27). The molecular formula is C23H25N5O. The summed E-state index contributed by atoms with van der Waals surface area (Å²) < 4.78 is 0. The number of hydrogen-bond acceptors (Lipinski definition) is 4. The molecule has 1 aliphatic heterocycles. The molecule has 3 N–H and O–H groups in total. The van der Waals surface area contributed by atoms with Gasteiger partial charge in [0.1, 0.15) is 0 Å². The number of carbonyl (C=O) groups excluding carboxylic acids is 1. The molecule has 1 aromatic heterocycles. The monoisotopic (exact) mass is 387 g/mol. The third kappa shape index (κ3) is 3.69. The third-order valence-corrected chi connectivity index (χ3v) is 5.76. The lowest BCUT2D eigenvalue weighted by molar-refractivity contribution is -0.117. The fraction of sp³-hybridized carbons (Fsp3) is 0.304. The molecule has 1 fully saturated rings. The van der Waals surface area contributed by atoms with E-state index in [0.717, 1.165) is 61.7 Å². The highest BCUT2D eigenvalue weighted by Gasteiger charge is 2.24. The Labute approximate surface area is 170 Å². The largest absolute Gasteiger partial charge is 0.325 e. The molecule has 2 heterocycles. The van der Waals surface area contributed by atoms with E-state index in [9.17, 15) is 4.79 Å². The topological polar surface area (TPSA) is 73.1 Å². The molecule has 1 aliphatic carbocycles. The van der Waals surface area contributed by atoms with Gasteiger partial charge in [-0.05, 0) is 37.2 Å². The van der Waals surface area contributed by atoms with E-state index in [0.29, 0.717) is 6.54 Å². The quantitative estimate of drug-likeness (QED) is 0.503. The molecule has 0 unspecified atom stereocenters. The Morgan fingerprint density at radius 3 is 2.83 bits per heavy atom. The minimum Gasteiger partial charge on any atom is -0.325 e. The summed E-state index contributed by atoms with van der Waals surface area (Å²) in [6.07, 6.45) is 1.99. The summed E-state index contributed by atoms with van der Waals surface area (Å²) in [6.45, 7) is 4.29. The molecule has 1 amide bonds. The number of anilines is 1. The molecule has 5 rings (SSSR count). The van der Waals surface area contributed by atoms with Crippen LogP contribution in [0.2, 0.25) is 0 Å². The van der Waals surface area contributed by atoms with Crippen molar-refractivity contribution in [2.24, 2.45) is 0 Å². The SMILES string of the molecule is O=C(CN1CCCNCC1)Nc1ccc(-c2n[nH]c3c2Cc2ccccc2-3)cc1. The summed E-state index contributed by atoms with van der Waals surface area (Å²) in [6, 6.07) is 16.4. The van der Waals surface area contributed by atoms with Crippen molar-refractivity contribution < 1.29 is 4.79 Å². The van der Waals surface area contributed by atoms with Crippen molar-refractivity contribution in [3.63, 3.8) is 0 Å². The third-order valence-electron chi connectivity index (χ3n) is 5.76. The predicted molar refractivity (Wildman–Crippen MR) is 115 cm³/mol. The van der Waals surface area contributed by atoms with Gasteiger partial charge in [-0.15, -0.1) is 0 Å². The lowest BCUT2D eigenvalue weighted by atomic mass is 10.1. The van der Waals surface area contributed by atoms with Crippen molar-refractivity contribution in [2.75, 3.05) is 38.0 Å². The Morgan fingerprint density at radius 1 is 1.07 bits per heavy atom. The van der Waals surface area contributed by atoms with Crippen molar-refractivity contribution >= 4 is 11.6 Å². The lowest BCUT2D eigenvalue weighted by Crippen LogP contribution is -2.35. The van der Waals surface area contributed by atoms with E-state index in [1.165, 1.54) is 16.7 Å². The molecule has 0 radical (unpaired) electrons. The summed E-state index contributed by atoms with van der Waals surface area (Å²) in [5.41, 5.74) is 7.83. The van der Waals surface area contributed by atoms with Crippen LogP contribution >= 0.6 is 0 Å². The minimum absolute atomic E-state index is 0.0377. The number of benzene rings is 2. The van der Waals surface area contributed by atoms with Crippen molar-refractivity contribution in [3.05, 3.63) is 59.7 Å². The first-order chi connectivity index (χ1) is 14.3. The fourth-order valence-electron chi connectivity index (χ4n) is 4.28. The highest BCUT2D eigenvalue weighted by Crippen LogP contribution is 2.39. The molecule has 2 aliphatic rings. The maximum Gasteiger partial charge on any atom is 0.238 e. The van der Waals surface area contributed by atoms with Crippen molar-refractivity contribution in [1.82, 2.24) is 20.4 Å². The van der Waals surface area contributed by atoms with E-state index in [4.69, 9.17) is 0 Å². The van der Waals surface area contributed by atoms with Crippen LogP contribution in [0.5, 0.6) is 0 Å². The Kier molecular flexibility index (Phi) is 4.87. The summed E-state index contributed by atoms with van der Waals surface area (Å²) in [4.78, 5) is 14.6. The average molecular weight is 387 g/mol. The molecule has 0 saturated carbocycles. The molecule has 0 atom stereocenters. The van der Waals surface area contributed by atoms with Crippen LogP contribution in [0.25, 0.3) is 22.5 Å². The number of H-pyrrole nitrogens is 1. The first-order valence-corrected chi connectivity index (χ1v) is 10.3. The number of nitrogens with one attached hydrogen (secondary N) is 3. The zero-order chi connectivity index (χ0) is 19.6. The number of carbonyl (C=O) groups is 1. The minimum atomic E-state index is 0.0377. The van der Waals surface area contributed by atoms with Gasteiger partial charge >= 0.3 is 0 Å². The van der Waals surface area contributed by atoms with Gasteiger partial charge in [-0.25, -0.2) is 0 Å². The molecule has 0 spiro atoms. The molecule has 6 nitrogen and oxygen atoms in total. The number of rotatable bonds is 4. The van der Waals surface area contributed by atoms with Crippen molar-refractivity contribution in [2.45, 2.75) is 12.8 Å². The number of fused-ring (bicyclic) bond motifs is 3. The van der Waals surface area contributed by atoms with Crippen molar-refractivity contribution in [3.8, 4) is 22.5 Å². The number of amides is 1. The highest BCUT2D eigenvalue weighted by molar-refractivity contribution is 5.92. The molecule has 3 aromatic rings. The maximum atomic E-state index is 12.4. The molecule has 148 valence electrons. The first-order valence-electron chi connectivity index (χ1n) is 10.3. The zero-order valence-corrected chi connectivity index (χ0v) is 16.4. The van der Waals surface area contributed by atoms with Crippen LogP contribution in [0.4, 0.5) is 5.69 Å². The Balaban J connectivity index is 1.27. The van der Waals surface area contributed by atoms with Gasteiger partial charge in [-0.1, -0.05) is 36.4 Å². The van der Waals surface area contributed by atoms with Gasteiger partial charge in [-0.3, -0.25) is 14.8 Å². The Bertz CT molecular complexity index is 1020. The summed E-state index contributed by atoms with van der Waals surface area (Å²) in [7, 11) is 0. The zero-order valence-electron chi connectivity index (χ0n) is 16.4. The second-order valence-corrected chi connectivity index (χ2v) is 7.76. The van der Waals surface area contributed by atoms with Crippen LogP contribution < -0.4 is 10.6 Å². The molecule has 29 heavy (non-hydrogen) atoms. The summed E-state index contributed by atoms with van der Waals surface area (Å²) in [5, 5.41) is 14.1. The van der Waals surface area contributed by atoms with Crippen molar-refractivity contribution in [1.29, 1.82) is 0 Å². The Hall–Kier alpha value is -2.96. The van der Waals surface area contributed by atoms with Crippen LogP contribution in [0.15, 0.2) is 48.5 Å². The summed E-state index contributed by atoms with van der Waals surface area (Å²) in [5.74, 6) is 0.0377. The molecule has 2 aromatic carbocycles. The highest BCUT2D eigenvalue weighted by atomic mass is 16.2. The van der Waals surface area contributed by atoms with Crippen LogP contribution in [-0.4, -0.2) is 53.7 Å². The van der Waals surface area contributed by atoms with Crippen LogP contribution in [0.1, 0.15) is 17.5 Å². The second-order valence-electron chi connectivity index (χ2n) is 7.76. The first kappa shape index (κ1) is 18.1. The molecule has 1 saturated heterocycles. The van der Waals surface area contributed by atoms with Gasteiger partial charge < -0.3 is 10.6 Å². The molecule has 0 bridgehead atoms. The van der Waals surface area contributed by atoms with Gasteiger partial charge in [0.15, 0.2) is 0 Å². The summed E-state index contributed by atoms with van der Waals surface area (Å²) >= 11 is 0. The van der Waals surface area contributed by atoms with E-state index < -0.39 is 0 Å². The van der Waals surface area contributed by atoms with Gasteiger partial charge in [0.05, 0.1) is 17.9 Å². The predicted octanol–water partition coefficient (Wildman–Crippen LogP) is 2.88. The number of hydrogen-bond donors (Lipinski definition) is 3. The number of aromatic amines is 1. The number of aromatic nitrogens is 2. The Morgan fingerprint density at radius 2 is 1.93 bits per heavy atom. The lowest BCUT2D eigenvalue weighted by Gasteiger charge is -2.18. The molecule has 6 heteroatoms. The van der Waals surface area contributed by atoms with E-state index in [-0.39, 0.29) is 5.91 Å². The smallest absolute Gasteiger partial charge is 0.238 e. The van der Waals surface area contributed by atoms with Gasteiger partial charge in [0, 0.05) is 41.9 Å². The number of nitrogens with zero attached hydrogens (tertiary/aromatic N) is 2. The maximum absolute atomic E-state index is 12.4. The van der Waals surface area contributed by atoms with E-state index >= 15 is 0 Å². The van der Waals surface area contributed by atoms with Gasteiger partial charge in [0.2, 0.25) is 5.91 Å². The normalized spacial score (nSPS) is 16.1. The van der Waals surface area contributed by atoms with E-state index in [2.05, 4.69) is 50.0 Å². The molecular weight excluding hydrogens is 362 g/mol. The van der Waals surface area contributed by atoms with Crippen LogP contribution in [0, 0.1) is 0 Å². The van der Waals surface area contributed by atoms with E-state index in [1.54, 1.807) is 0 Å². The fourth-order valence-corrected chi connectivity index (χ4v) is 4.28. The van der Waals surface area contributed by atoms with Gasteiger partial charge in [0.25, 0.3) is 0 Å². The van der Waals surface area contributed by atoms with Gasteiger partial charge in [-0.2, -0.15) is 5.10 Å².